The van der Waals surface area contributed by atoms with Crippen molar-refractivity contribution in [1.82, 2.24) is 9.88 Å². The van der Waals surface area contributed by atoms with Crippen molar-refractivity contribution in [3.05, 3.63) is 95.2 Å². The van der Waals surface area contributed by atoms with Crippen LogP contribution in [0.4, 0.5) is 0 Å². The highest BCUT2D eigenvalue weighted by Crippen LogP contribution is 2.44. The maximum Gasteiger partial charge on any atom is 0.231 e. The fourth-order valence-corrected chi connectivity index (χ4v) is 5.04. The lowest BCUT2D eigenvalue weighted by Crippen LogP contribution is -2.38. The summed E-state index contributed by atoms with van der Waals surface area (Å²) in [6, 6.07) is 26.2. The Labute approximate surface area is 176 Å². The van der Waals surface area contributed by atoms with Gasteiger partial charge in [-0.3, -0.25) is 4.90 Å². The summed E-state index contributed by atoms with van der Waals surface area (Å²) in [5, 5.41) is 1.34. The average Bonchev–Trinajstić information content (AvgIpc) is 3.42. The minimum absolute atomic E-state index is 0.130. The molecule has 0 fully saturated rings. The molecule has 2 atom stereocenters. The van der Waals surface area contributed by atoms with Crippen molar-refractivity contribution in [2.24, 2.45) is 0 Å². The minimum atomic E-state index is 0.130. The molecule has 4 aromatic rings. The standard InChI is InChI=1S/C26H24N2O2/c1-17(18-7-3-2-4-8-18)28-14-13-21-20-9-5-6-10-22(20)27-25(21)26(28)19-11-12-23-24(15-19)30-16-29-23/h2-12,15,17,26-27H,13-14,16H2,1H3/t17-,26+/m0/s1. The molecule has 0 bridgehead atoms. The number of aromatic nitrogens is 1. The number of hydrogen-bond acceptors (Lipinski definition) is 3. The average molecular weight is 396 g/mol. The fraction of sp³-hybridized carbons (Fsp3) is 0.231. The molecule has 150 valence electrons. The summed E-state index contributed by atoms with van der Waals surface area (Å²) in [6.07, 6.45) is 1.04. The third kappa shape index (κ3) is 2.71. The van der Waals surface area contributed by atoms with Crippen LogP contribution in [0.2, 0.25) is 0 Å². The van der Waals surface area contributed by atoms with Crippen molar-refractivity contribution in [3.8, 4) is 11.5 Å². The highest BCUT2D eigenvalue weighted by Gasteiger charge is 2.35. The van der Waals surface area contributed by atoms with E-state index in [1.807, 2.05) is 6.07 Å². The number of ether oxygens (including phenoxy) is 2. The first-order valence-electron chi connectivity index (χ1n) is 10.6. The Kier molecular flexibility index (Phi) is 4.06. The second kappa shape index (κ2) is 6.92. The van der Waals surface area contributed by atoms with Gasteiger partial charge in [-0.1, -0.05) is 54.6 Å². The first-order valence-corrected chi connectivity index (χ1v) is 10.6. The predicted molar refractivity (Wildman–Crippen MR) is 118 cm³/mol. The molecular formula is C26H24N2O2. The smallest absolute Gasteiger partial charge is 0.231 e. The number of aromatic amines is 1. The molecule has 3 heterocycles. The molecule has 2 aliphatic heterocycles. The van der Waals surface area contributed by atoms with Crippen LogP contribution in [0.1, 0.15) is 41.4 Å². The molecule has 1 aromatic heterocycles. The lowest BCUT2D eigenvalue weighted by Gasteiger charge is -2.40. The molecule has 0 radical (unpaired) electrons. The number of fused-ring (bicyclic) bond motifs is 4. The normalized spacial score (nSPS) is 19.0. The van der Waals surface area contributed by atoms with Crippen molar-refractivity contribution in [3.63, 3.8) is 0 Å². The largest absolute Gasteiger partial charge is 0.454 e. The Bertz CT molecular complexity index is 1210. The predicted octanol–water partition coefficient (Wildman–Crippen LogP) is 5.61. The SMILES string of the molecule is C[C@@H](c1ccccc1)N1CCc2c([nH]c3ccccc23)[C@H]1c1ccc2c(c1)OCO2. The van der Waals surface area contributed by atoms with Gasteiger partial charge in [-0.15, -0.1) is 0 Å². The highest BCUT2D eigenvalue weighted by molar-refractivity contribution is 5.85. The molecule has 0 saturated heterocycles. The molecule has 30 heavy (non-hydrogen) atoms. The van der Waals surface area contributed by atoms with E-state index in [1.54, 1.807) is 0 Å². The second-order valence-electron chi connectivity index (χ2n) is 8.15. The van der Waals surface area contributed by atoms with Gasteiger partial charge in [-0.2, -0.15) is 0 Å². The van der Waals surface area contributed by atoms with Crippen molar-refractivity contribution in [2.45, 2.75) is 25.4 Å². The summed E-state index contributed by atoms with van der Waals surface area (Å²) in [5.41, 5.74) is 6.51. The van der Waals surface area contributed by atoms with Crippen LogP contribution in [0.5, 0.6) is 11.5 Å². The Morgan fingerprint density at radius 2 is 1.73 bits per heavy atom. The number of nitrogens with one attached hydrogen (secondary N) is 1. The summed E-state index contributed by atoms with van der Waals surface area (Å²) in [4.78, 5) is 6.36. The zero-order chi connectivity index (χ0) is 20.1. The third-order valence-electron chi connectivity index (χ3n) is 6.56. The van der Waals surface area contributed by atoms with Gasteiger partial charge in [-0.25, -0.2) is 0 Å². The topological polar surface area (TPSA) is 37.5 Å². The summed E-state index contributed by atoms with van der Waals surface area (Å²) in [5.74, 6) is 1.66. The van der Waals surface area contributed by atoms with Crippen LogP contribution in [0.15, 0.2) is 72.8 Å². The summed E-state index contributed by atoms with van der Waals surface area (Å²) in [7, 11) is 0. The fourth-order valence-electron chi connectivity index (χ4n) is 5.04. The van der Waals surface area contributed by atoms with Crippen LogP contribution < -0.4 is 9.47 Å². The van der Waals surface area contributed by atoms with E-state index in [0.29, 0.717) is 12.8 Å². The van der Waals surface area contributed by atoms with E-state index in [2.05, 4.69) is 83.5 Å². The Hall–Kier alpha value is -3.24. The van der Waals surface area contributed by atoms with Gasteiger partial charge in [0.25, 0.3) is 0 Å². The molecule has 0 unspecified atom stereocenters. The molecule has 0 aliphatic carbocycles. The van der Waals surface area contributed by atoms with Crippen LogP contribution in [0.25, 0.3) is 10.9 Å². The monoisotopic (exact) mass is 396 g/mol. The molecule has 6 rings (SSSR count). The number of nitrogens with zero attached hydrogens (tertiary/aromatic N) is 1. The Balaban J connectivity index is 1.51. The highest BCUT2D eigenvalue weighted by atomic mass is 16.7. The summed E-state index contributed by atoms with van der Waals surface area (Å²) in [6.45, 7) is 3.61. The van der Waals surface area contributed by atoms with E-state index in [4.69, 9.17) is 9.47 Å². The summed E-state index contributed by atoms with van der Waals surface area (Å²) < 4.78 is 11.3. The molecule has 0 amide bonds. The first-order chi connectivity index (χ1) is 14.8. The molecule has 2 aliphatic rings. The molecule has 4 heteroatoms. The number of H-pyrrole nitrogens is 1. The molecule has 1 N–H and O–H groups in total. The maximum atomic E-state index is 5.71. The van der Waals surface area contributed by atoms with Crippen LogP contribution in [0.3, 0.4) is 0 Å². The van der Waals surface area contributed by atoms with Crippen LogP contribution >= 0.6 is 0 Å². The van der Waals surface area contributed by atoms with Crippen LogP contribution in [-0.4, -0.2) is 23.2 Å². The number of hydrogen-bond donors (Lipinski definition) is 1. The van der Waals surface area contributed by atoms with Gasteiger partial charge in [0.05, 0.1) is 6.04 Å². The van der Waals surface area contributed by atoms with Crippen molar-refractivity contribution in [1.29, 1.82) is 0 Å². The van der Waals surface area contributed by atoms with Gasteiger partial charge < -0.3 is 14.5 Å². The van der Waals surface area contributed by atoms with Crippen molar-refractivity contribution >= 4 is 10.9 Å². The summed E-state index contributed by atoms with van der Waals surface area (Å²) >= 11 is 0. The number of para-hydroxylation sites is 1. The second-order valence-corrected chi connectivity index (χ2v) is 8.15. The Morgan fingerprint density at radius 3 is 2.63 bits per heavy atom. The van der Waals surface area contributed by atoms with Crippen LogP contribution in [0, 0.1) is 0 Å². The first kappa shape index (κ1) is 17.6. The lowest BCUT2D eigenvalue weighted by molar-refractivity contribution is 0.154. The number of rotatable bonds is 3. The molecule has 3 aromatic carbocycles. The van der Waals surface area contributed by atoms with Gasteiger partial charge >= 0.3 is 0 Å². The zero-order valence-electron chi connectivity index (χ0n) is 17.0. The minimum Gasteiger partial charge on any atom is -0.454 e. The third-order valence-corrected chi connectivity index (χ3v) is 6.56. The quantitative estimate of drug-likeness (QED) is 0.489. The van der Waals surface area contributed by atoms with Crippen LogP contribution in [-0.2, 0) is 6.42 Å². The maximum absolute atomic E-state index is 5.71. The molecular weight excluding hydrogens is 372 g/mol. The van der Waals surface area contributed by atoms with E-state index < -0.39 is 0 Å². The zero-order valence-corrected chi connectivity index (χ0v) is 17.0. The van der Waals surface area contributed by atoms with E-state index in [0.717, 1.165) is 24.5 Å². The van der Waals surface area contributed by atoms with E-state index in [9.17, 15) is 0 Å². The Morgan fingerprint density at radius 1 is 0.933 bits per heavy atom. The van der Waals surface area contributed by atoms with Gasteiger partial charge in [0, 0.05) is 29.2 Å². The van der Waals surface area contributed by atoms with Gasteiger partial charge in [0.1, 0.15) is 0 Å². The van der Waals surface area contributed by atoms with Gasteiger partial charge in [-0.05, 0) is 48.2 Å². The lowest BCUT2D eigenvalue weighted by atomic mass is 9.90. The molecule has 0 spiro atoms. The van der Waals surface area contributed by atoms with Crippen molar-refractivity contribution < 1.29 is 9.47 Å². The van der Waals surface area contributed by atoms with Gasteiger partial charge in [0.2, 0.25) is 6.79 Å². The van der Waals surface area contributed by atoms with E-state index >= 15 is 0 Å². The van der Waals surface area contributed by atoms with E-state index in [1.165, 1.54) is 33.3 Å². The van der Waals surface area contributed by atoms with Gasteiger partial charge in [0.15, 0.2) is 11.5 Å². The molecule has 0 saturated carbocycles. The number of benzene rings is 3. The van der Waals surface area contributed by atoms with E-state index in [-0.39, 0.29) is 6.04 Å². The molecule has 4 nitrogen and oxygen atoms in total. The van der Waals surface area contributed by atoms with Crippen molar-refractivity contribution in [2.75, 3.05) is 13.3 Å².